The third kappa shape index (κ3) is 2.01. The highest BCUT2D eigenvalue weighted by Gasteiger charge is 2.35. The van der Waals surface area contributed by atoms with E-state index in [-0.39, 0.29) is 0 Å². The zero-order valence-electron chi connectivity index (χ0n) is 8.11. The molecule has 3 amide bonds. The van der Waals surface area contributed by atoms with E-state index in [1.807, 2.05) is 0 Å². The Bertz CT molecular complexity index is 377. The predicted molar refractivity (Wildman–Crippen MR) is 58.1 cm³/mol. The van der Waals surface area contributed by atoms with Gasteiger partial charge in [-0.3, -0.25) is 15.4 Å². The molecule has 6 nitrogen and oxygen atoms in total. The first kappa shape index (κ1) is 10.2. The Kier molecular flexibility index (Phi) is 2.72. The molecule has 2 rings (SSSR count). The van der Waals surface area contributed by atoms with Gasteiger partial charge in [-0.1, -0.05) is 18.7 Å². The minimum atomic E-state index is -0.665. The first-order chi connectivity index (χ1) is 7.20. The topological polar surface area (TPSA) is 82.9 Å². The summed E-state index contributed by atoms with van der Waals surface area (Å²) in [5, 5.41) is 5.17. The van der Waals surface area contributed by atoms with Crippen LogP contribution in [-0.4, -0.2) is 34.7 Å². The Morgan fingerprint density at radius 2 is 2.20 bits per heavy atom. The molecule has 1 saturated heterocycles. The number of urea groups is 1. The quantitative estimate of drug-likeness (QED) is 0.700. The number of carbonyl (C=O) groups excluding carboxylic acids is 2. The summed E-state index contributed by atoms with van der Waals surface area (Å²) in [5.41, 5.74) is 0. The van der Waals surface area contributed by atoms with E-state index in [2.05, 4.69) is 27.5 Å². The lowest BCUT2D eigenvalue weighted by Crippen LogP contribution is -2.57. The number of thioether (sulfide) groups is 1. The number of nitrogens with one attached hydrogen (secondary N) is 2. The number of carbonyl (C=O) groups is 2. The van der Waals surface area contributed by atoms with Crippen molar-refractivity contribution in [2.45, 2.75) is 19.4 Å². The van der Waals surface area contributed by atoms with E-state index in [0.29, 0.717) is 11.0 Å². The molecule has 1 unspecified atom stereocenters. The molecule has 0 radical (unpaired) electrons. The van der Waals surface area contributed by atoms with Crippen molar-refractivity contribution in [3.63, 3.8) is 0 Å². The molecule has 0 aromatic carbocycles. The maximum atomic E-state index is 11.3. The number of amidine groups is 2. The normalized spacial score (nSPS) is 23.9. The third-order valence-corrected chi connectivity index (χ3v) is 2.94. The molecule has 2 aliphatic heterocycles. The second-order valence-electron chi connectivity index (χ2n) is 3.10. The molecule has 0 saturated carbocycles. The van der Waals surface area contributed by atoms with Crippen LogP contribution < -0.4 is 10.6 Å². The molecular weight excluding hydrogens is 216 g/mol. The number of amides is 3. The first-order valence-corrected chi connectivity index (χ1v) is 5.60. The molecule has 1 atom stereocenters. The van der Waals surface area contributed by atoms with Crippen molar-refractivity contribution in [1.29, 1.82) is 0 Å². The number of hydrogen-bond donors (Lipinski definition) is 2. The van der Waals surface area contributed by atoms with Gasteiger partial charge in [-0.25, -0.2) is 14.8 Å². The highest BCUT2D eigenvalue weighted by atomic mass is 32.2. The summed E-state index contributed by atoms with van der Waals surface area (Å²) in [6, 6.07) is -1.20. The Morgan fingerprint density at radius 3 is 2.93 bits per heavy atom. The Labute approximate surface area is 90.6 Å². The van der Waals surface area contributed by atoms with Crippen LogP contribution >= 0.6 is 11.8 Å². The van der Waals surface area contributed by atoms with Gasteiger partial charge in [-0.05, 0) is 6.42 Å². The second-order valence-corrected chi connectivity index (χ2v) is 4.17. The molecule has 0 aromatic heterocycles. The Hall–Kier alpha value is -1.37. The highest BCUT2D eigenvalue weighted by molar-refractivity contribution is 8.13. The molecule has 7 heteroatoms. The fraction of sp³-hybridized carbons (Fsp3) is 0.500. The Morgan fingerprint density at radius 1 is 1.40 bits per heavy atom. The molecule has 2 heterocycles. The van der Waals surface area contributed by atoms with E-state index in [1.165, 1.54) is 11.8 Å². The van der Waals surface area contributed by atoms with E-state index in [4.69, 9.17) is 0 Å². The molecule has 2 aliphatic rings. The van der Waals surface area contributed by atoms with Gasteiger partial charge in [0.1, 0.15) is 5.84 Å². The monoisotopic (exact) mass is 226 g/mol. The van der Waals surface area contributed by atoms with Crippen molar-refractivity contribution in [3.05, 3.63) is 0 Å². The van der Waals surface area contributed by atoms with E-state index in [9.17, 15) is 9.59 Å². The van der Waals surface area contributed by atoms with Gasteiger partial charge >= 0.3 is 6.03 Å². The lowest BCUT2D eigenvalue weighted by atomic mass is 10.2. The van der Waals surface area contributed by atoms with Gasteiger partial charge in [0.15, 0.2) is 11.2 Å². The maximum absolute atomic E-state index is 11.3. The van der Waals surface area contributed by atoms with Crippen LogP contribution in [0.15, 0.2) is 9.98 Å². The van der Waals surface area contributed by atoms with Crippen LogP contribution in [0.5, 0.6) is 0 Å². The van der Waals surface area contributed by atoms with Crippen LogP contribution in [-0.2, 0) is 4.79 Å². The van der Waals surface area contributed by atoms with Crippen molar-refractivity contribution in [2.24, 2.45) is 9.98 Å². The van der Waals surface area contributed by atoms with E-state index in [0.717, 1.165) is 12.2 Å². The molecule has 0 aromatic rings. The van der Waals surface area contributed by atoms with Crippen LogP contribution in [0.25, 0.3) is 0 Å². The summed E-state index contributed by atoms with van der Waals surface area (Å²) in [6.45, 7) is 2.05. The van der Waals surface area contributed by atoms with Gasteiger partial charge in [0.2, 0.25) is 0 Å². The maximum Gasteiger partial charge on any atom is 0.326 e. The van der Waals surface area contributed by atoms with E-state index >= 15 is 0 Å². The fourth-order valence-electron chi connectivity index (χ4n) is 1.23. The van der Waals surface area contributed by atoms with Gasteiger partial charge < -0.3 is 0 Å². The average molecular weight is 226 g/mol. The van der Waals surface area contributed by atoms with Crippen LogP contribution in [0.2, 0.25) is 0 Å². The van der Waals surface area contributed by atoms with E-state index in [1.54, 1.807) is 0 Å². The van der Waals surface area contributed by atoms with Crippen molar-refractivity contribution < 1.29 is 9.59 Å². The summed E-state index contributed by atoms with van der Waals surface area (Å²) in [5.74, 6) is 0.824. The third-order valence-electron chi connectivity index (χ3n) is 1.88. The largest absolute Gasteiger partial charge is 0.326 e. The van der Waals surface area contributed by atoms with Crippen molar-refractivity contribution in [2.75, 3.05) is 5.75 Å². The van der Waals surface area contributed by atoms with Gasteiger partial charge in [0.05, 0.1) is 0 Å². The number of imide groups is 1. The zero-order chi connectivity index (χ0) is 10.8. The van der Waals surface area contributed by atoms with Crippen LogP contribution in [0, 0.1) is 0 Å². The number of aliphatic imine (C=N–C) groups is 2. The number of nitrogens with zero attached hydrogens (tertiary/aromatic N) is 2. The highest BCUT2D eigenvalue weighted by Crippen LogP contribution is 2.16. The van der Waals surface area contributed by atoms with Crippen LogP contribution in [0.4, 0.5) is 4.79 Å². The SMILES string of the molecule is CCCSC1=NC2C(=O)NC(=O)NC2=N1. The van der Waals surface area contributed by atoms with Crippen molar-refractivity contribution in [3.8, 4) is 0 Å². The summed E-state index contributed by atoms with van der Waals surface area (Å²) < 4.78 is 0. The predicted octanol–water partition coefficient (Wildman–Crippen LogP) is 0.106. The Balaban J connectivity index is 2.11. The molecule has 1 fully saturated rings. The minimum Gasteiger partial charge on any atom is -0.293 e. The molecule has 0 bridgehead atoms. The smallest absolute Gasteiger partial charge is 0.293 e. The minimum absolute atomic E-state index is 0.336. The first-order valence-electron chi connectivity index (χ1n) is 4.61. The summed E-state index contributed by atoms with van der Waals surface area (Å²) in [7, 11) is 0. The summed E-state index contributed by atoms with van der Waals surface area (Å²) in [6.07, 6.45) is 1.01. The van der Waals surface area contributed by atoms with Crippen LogP contribution in [0.3, 0.4) is 0 Å². The molecule has 15 heavy (non-hydrogen) atoms. The molecule has 0 spiro atoms. The standard InChI is InChI=1S/C8H10N4O2S/c1-2-3-15-8-9-4-5(11-8)10-7(14)12-6(4)13/h4H,2-3H2,1H3,(H2,9,10,11,12,13,14). The summed E-state index contributed by atoms with van der Waals surface area (Å²) in [4.78, 5) is 30.5. The molecule has 80 valence electrons. The van der Waals surface area contributed by atoms with Gasteiger partial charge in [-0.15, -0.1) is 0 Å². The van der Waals surface area contributed by atoms with Crippen molar-refractivity contribution in [1.82, 2.24) is 10.6 Å². The lowest BCUT2D eigenvalue weighted by Gasteiger charge is -2.16. The van der Waals surface area contributed by atoms with Crippen LogP contribution in [0.1, 0.15) is 13.3 Å². The van der Waals surface area contributed by atoms with Crippen molar-refractivity contribution >= 4 is 34.7 Å². The van der Waals surface area contributed by atoms with Gasteiger partial charge in [-0.2, -0.15) is 0 Å². The average Bonchev–Trinajstić information content (AvgIpc) is 2.57. The number of hydrogen-bond acceptors (Lipinski definition) is 5. The van der Waals surface area contributed by atoms with Gasteiger partial charge in [0.25, 0.3) is 5.91 Å². The molecule has 2 N–H and O–H groups in total. The molecular formula is C8H10N4O2S. The second kappa shape index (κ2) is 4.01. The zero-order valence-corrected chi connectivity index (χ0v) is 8.93. The lowest BCUT2D eigenvalue weighted by molar-refractivity contribution is -0.120. The number of rotatable bonds is 2. The fourth-order valence-corrected chi connectivity index (χ4v) is 1.96. The summed E-state index contributed by atoms with van der Waals surface area (Å²) >= 11 is 1.48. The van der Waals surface area contributed by atoms with Gasteiger partial charge in [0, 0.05) is 5.75 Å². The number of fused-ring (bicyclic) bond motifs is 1. The van der Waals surface area contributed by atoms with E-state index < -0.39 is 18.0 Å². The molecule has 0 aliphatic carbocycles.